The van der Waals surface area contributed by atoms with E-state index in [-0.39, 0.29) is 5.56 Å². The monoisotopic (exact) mass is 193 g/mol. The van der Waals surface area contributed by atoms with Crippen molar-refractivity contribution < 1.29 is 0 Å². The predicted octanol–water partition coefficient (Wildman–Crippen LogP) is 0.991. The first-order chi connectivity index (χ1) is 6.68. The van der Waals surface area contributed by atoms with Gasteiger partial charge in [-0.3, -0.25) is 4.79 Å². The molecule has 0 aromatic carbocycles. The third-order valence-corrected chi connectivity index (χ3v) is 2.96. The van der Waals surface area contributed by atoms with Gasteiger partial charge in [-0.1, -0.05) is 6.92 Å². The van der Waals surface area contributed by atoms with Crippen LogP contribution in [0, 0.1) is 5.92 Å². The van der Waals surface area contributed by atoms with Crippen LogP contribution >= 0.6 is 0 Å². The molecule has 1 aromatic heterocycles. The number of aryl methyl sites for hydroxylation is 1. The van der Waals surface area contributed by atoms with E-state index < -0.39 is 0 Å². The average Bonchev–Trinajstić information content (AvgIpc) is 2.18. The van der Waals surface area contributed by atoms with E-state index in [4.69, 9.17) is 0 Å². The van der Waals surface area contributed by atoms with Crippen molar-refractivity contribution in [2.24, 2.45) is 13.0 Å². The Morgan fingerprint density at radius 2 is 2.36 bits per heavy atom. The summed E-state index contributed by atoms with van der Waals surface area (Å²) in [6.07, 6.45) is 5.69. The molecular weight excluding hydrogens is 178 g/mol. The lowest BCUT2D eigenvalue weighted by Crippen LogP contribution is -2.39. The Morgan fingerprint density at radius 1 is 1.57 bits per heavy atom. The van der Waals surface area contributed by atoms with Crippen LogP contribution in [0.25, 0.3) is 0 Å². The zero-order valence-electron chi connectivity index (χ0n) is 8.53. The van der Waals surface area contributed by atoms with Crippen LogP contribution in [-0.2, 0) is 7.05 Å². The highest BCUT2D eigenvalue weighted by Crippen LogP contribution is 2.28. The van der Waals surface area contributed by atoms with Crippen LogP contribution in [0.1, 0.15) is 19.8 Å². The first-order valence-electron chi connectivity index (χ1n) is 4.96. The van der Waals surface area contributed by atoms with Crippen molar-refractivity contribution in [3.63, 3.8) is 0 Å². The highest BCUT2D eigenvalue weighted by atomic mass is 16.1. The quantitative estimate of drug-likeness (QED) is 0.762. The van der Waals surface area contributed by atoms with Crippen molar-refractivity contribution in [3.8, 4) is 0 Å². The number of anilines is 1. The molecule has 0 bridgehead atoms. The molecule has 1 heterocycles. The molecule has 4 nitrogen and oxygen atoms in total. The van der Waals surface area contributed by atoms with Crippen molar-refractivity contribution in [1.29, 1.82) is 0 Å². The largest absolute Gasteiger partial charge is 0.362 e. The third kappa shape index (κ3) is 1.52. The lowest BCUT2D eigenvalue weighted by molar-refractivity contribution is 0.302. The summed E-state index contributed by atoms with van der Waals surface area (Å²) in [5.74, 6) is 1.13. The van der Waals surface area contributed by atoms with Crippen LogP contribution in [0.4, 0.5) is 5.82 Å². The second kappa shape index (κ2) is 3.44. The van der Waals surface area contributed by atoms with Crippen LogP contribution < -0.4 is 10.9 Å². The van der Waals surface area contributed by atoms with E-state index in [0.717, 1.165) is 6.42 Å². The SMILES string of the molecule is CC1CCC1Nc1nccn(C)c1=O. The lowest BCUT2D eigenvalue weighted by atomic mass is 9.81. The predicted molar refractivity (Wildman–Crippen MR) is 55.3 cm³/mol. The summed E-state index contributed by atoms with van der Waals surface area (Å²) in [5, 5.41) is 3.19. The molecule has 2 rings (SSSR count). The topological polar surface area (TPSA) is 46.9 Å². The smallest absolute Gasteiger partial charge is 0.293 e. The number of nitrogens with one attached hydrogen (secondary N) is 1. The molecule has 1 aliphatic rings. The first-order valence-corrected chi connectivity index (χ1v) is 4.96. The molecule has 4 heteroatoms. The van der Waals surface area contributed by atoms with Gasteiger partial charge in [0.05, 0.1) is 0 Å². The van der Waals surface area contributed by atoms with Gasteiger partial charge in [0.15, 0.2) is 5.82 Å². The minimum absolute atomic E-state index is 0.0494. The molecule has 1 saturated carbocycles. The molecule has 1 N–H and O–H groups in total. The molecule has 2 unspecified atom stereocenters. The minimum Gasteiger partial charge on any atom is -0.362 e. The molecule has 0 aliphatic heterocycles. The van der Waals surface area contributed by atoms with Crippen molar-refractivity contribution in [1.82, 2.24) is 9.55 Å². The van der Waals surface area contributed by atoms with Gasteiger partial charge >= 0.3 is 0 Å². The molecule has 1 fully saturated rings. The van der Waals surface area contributed by atoms with Crippen molar-refractivity contribution in [3.05, 3.63) is 22.7 Å². The van der Waals surface area contributed by atoms with Gasteiger partial charge in [-0.2, -0.15) is 0 Å². The van der Waals surface area contributed by atoms with Crippen LogP contribution in [0.5, 0.6) is 0 Å². The maximum absolute atomic E-state index is 11.6. The Kier molecular flexibility index (Phi) is 2.27. The molecule has 14 heavy (non-hydrogen) atoms. The summed E-state index contributed by atoms with van der Waals surface area (Å²) in [6.45, 7) is 2.19. The standard InChI is InChI=1S/C10H15N3O/c1-7-3-4-8(7)12-9-10(14)13(2)6-5-11-9/h5-8H,3-4H2,1-2H3,(H,11,12). The van der Waals surface area contributed by atoms with E-state index >= 15 is 0 Å². The van der Waals surface area contributed by atoms with E-state index in [1.807, 2.05) is 0 Å². The van der Waals surface area contributed by atoms with Gasteiger partial charge in [-0.05, 0) is 18.8 Å². The number of hydrogen-bond acceptors (Lipinski definition) is 3. The van der Waals surface area contributed by atoms with Gasteiger partial charge in [-0.15, -0.1) is 0 Å². The van der Waals surface area contributed by atoms with Gasteiger partial charge < -0.3 is 9.88 Å². The summed E-state index contributed by atoms with van der Waals surface area (Å²) >= 11 is 0. The Bertz CT molecular complexity index is 385. The van der Waals surface area contributed by atoms with Gasteiger partial charge in [0, 0.05) is 25.5 Å². The second-order valence-electron chi connectivity index (χ2n) is 4.00. The van der Waals surface area contributed by atoms with E-state index in [0.29, 0.717) is 17.8 Å². The third-order valence-electron chi connectivity index (χ3n) is 2.96. The number of nitrogens with zero attached hydrogens (tertiary/aromatic N) is 2. The van der Waals surface area contributed by atoms with E-state index in [1.165, 1.54) is 6.42 Å². The summed E-state index contributed by atoms with van der Waals surface area (Å²) in [7, 11) is 1.74. The van der Waals surface area contributed by atoms with Crippen LogP contribution in [0.15, 0.2) is 17.2 Å². The van der Waals surface area contributed by atoms with Crippen LogP contribution in [0.2, 0.25) is 0 Å². The molecule has 0 saturated heterocycles. The average molecular weight is 193 g/mol. The van der Waals surface area contributed by atoms with Gasteiger partial charge in [-0.25, -0.2) is 4.98 Å². The molecule has 76 valence electrons. The summed E-state index contributed by atoms with van der Waals surface area (Å²) < 4.78 is 1.54. The molecule has 0 spiro atoms. The molecule has 1 aromatic rings. The number of hydrogen-bond donors (Lipinski definition) is 1. The van der Waals surface area contributed by atoms with Crippen LogP contribution in [-0.4, -0.2) is 15.6 Å². The Hall–Kier alpha value is -1.32. The van der Waals surface area contributed by atoms with Crippen molar-refractivity contribution >= 4 is 5.82 Å². The molecule has 2 atom stereocenters. The van der Waals surface area contributed by atoms with E-state index in [9.17, 15) is 4.79 Å². The fourth-order valence-corrected chi connectivity index (χ4v) is 1.65. The fraction of sp³-hybridized carbons (Fsp3) is 0.600. The molecule has 0 radical (unpaired) electrons. The highest BCUT2D eigenvalue weighted by Gasteiger charge is 2.27. The molecule has 0 amide bonds. The summed E-state index contributed by atoms with van der Waals surface area (Å²) in [6, 6.07) is 0.428. The normalized spacial score (nSPS) is 25.6. The zero-order valence-corrected chi connectivity index (χ0v) is 8.53. The number of rotatable bonds is 2. The summed E-state index contributed by atoms with van der Waals surface area (Å²) in [4.78, 5) is 15.6. The fourth-order valence-electron chi connectivity index (χ4n) is 1.65. The van der Waals surface area contributed by atoms with Gasteiger partial charge in [0.2, 0.25) is 0 Å². The first kappa shape index (κ1) is 9.24. The van der Waals surface area contributed by atoms with Crippen LogP contribution in [0.3, 0.4) is 0 Å². The van der Waals surface area contributed by atoms with E-state index in [1.54, 1.807) is 24.0 Å². The van der Waals surface area contributed by atoms with Crippen molar-refractivity contribution in [2.75, 3.05) is 5.32 Å². The summed E-state index contributed by atoms with van der Waals surface area (Å²) in [5.41, 5.74) is -0.0494. The van der Waals surface area contributed by atoms with Gasteiger partial charge in [0.1, 0.15) is 0 Å². The second-order valence-corrected chi connectivity index (χ2v) is 4.00. The molecular formula is C10H15N3O. The number of aromatic nitrogens is 2. The molecule has 1 aliphatic carbocycles. The maximum atomic E-state index is 11.6. The van der Waals surface area contributed by atoms with Gasteiger partial charge in [0.25, 0.3) is 5.56 Å². The lowest BCUT2D eigenvalue weighted by Gasteiger charge is -2.34. The maximum Gasteiger partial charge on any atom is 0.293 e. The Labute approximate surface area is 83.0 Å². The zero-order chi connectivity index (χ0) is 10.1. The Balaban J connectivity index is 2.17. The minimum atomic E-state index is -0.0494. The van der Waals surface area contributed by atoms with Crippen molar-refractivity contribution in [2.45, 2.75) is 25.8 Å². The Morgan fingerprint density at radius 3 is 2.93 bits per heavy atom. The van der Waals surface area contributed by atoms with E-state index in [2.05, 4.69) is 17.2 Å². The highest BCUT2D eigenvalue weighted by molar-refractivity contribution is 5.33.